The minimum Gasteiger partial charge on any atom is -0.354 e. The van der Waals surface area contributed by atoms with Gasteiger partial charge in [0.1, 0.15) is 18.2 Å². The van der Waals surface area contributed by atoms with Crippen molar-refractivity contribution in [2.24, 2.45) is 0 Å². The number of amides is 1. The highest BCUT2D eigenvalue weighted by Crippen LogP contribution is 2.13. The van der Waals surface area contributed by atoms with E-state index in [-0.39, 0.29) is 12.1 Å². The standard InChI is InChI=1S/C19H20N4O3S/c20-11-15-16-7-4-9-22(16)19(26)23(18(15)25)12-17(24)21-8-10-27-13-14-5-2-1-3-6-14/h1-3,5-6H,4,7-10,12-13H2,(H,21,24). The molecule has 1 N–H and O–H groups in total. The molecular weight excluding hydrogens is 364 g/mol. The number of hydrogen-bond acceptors (Lipinski definition) is 5. The maximum absolute atomic E-state index is 12.5. The van der Waals surface area contributed by atoms with E-state index in [4.69, 9.17) is 0 Å². The number of carbonyl (C=O) groups is 1. The van der Waals surface area contributed by atoms with E-state index < -0.39 is 17.2 Å². The quantitative estimate of drug-likeness (QED) is 0.715. The Morgan fingerprint density at radius 1 is 1.26 bits per heavy atom. The summed E-state index contributed by atoms with van der Waals surface area (Å²) in [5.41, 5.74) is 0.486. The van der Waals surface area contributed by atoms with Crippen LogP contribution >= 0.6 is 11.8 Å². The Bertz CT molecular complexity index is 989. The summed E-state index contributed by atoms with van der Waals surface area (Å²) < 4.78 is 2.29. The van der Waals surface area contributed by atoms with Crippen LogP contribution in [0.25, 0.3) is 0 Å². The van der Waals surface area contributed by atoms with Crippen molar-refractivity contribution >= 4 is 17.7 Å². The minimum absolute atomic E-state index is 0.0293. The summed E-state index contributed by atoms with van der Waals surface area (Å²) in [5.74, 6) is 1.17. The number of benzene rings is 1. The van der Waals surface area contributed by atoms with E-state index in [1.165, 1.54) is 10.1 Å². The zero-order valence-corrected chi connectivity index (χ0v) is 15.6. The zero-order chi connectivity index (χ0) is 19.2. The van der Waals surface area contributed by atoms with Gasteiger partial charge in [0.2, 0.25) is 5.91 Å². The smallest absolute Gasteiger partial charge is 0.331 e. The lowest BCUT2D eigenvalue weighted by Crippen LogP contribution is -2.45. The third kappa shape index (κ3) is 4.31. The van der Waals surface area contributed by atoms with Crippen LogP contribution in [0.5, 0.6) is 0 Å². The number of nitrogens with one attached hydrogen (secondary N) is 1. The van der Waals surface area contributed by atoms with E-state index in [1.54, 1.807) is 11.8 Å². The van der Waals surface area contributed by atoms with E-state index >= 15 is 0 Å². The Morgan fingerprint density at radius 3 is 2.78 bits per heavy atom. The van der Waals surface area contributed by atoms with Crippen LogP contribution in [0.2, 0.25) is 0 Å². The molecule has 0 radical (unpaired) electrons. The van der Waals surface area contributed by atoms with Crippen LogP contribution in [0.3, 0.4) is 0 Å². The first-order valence-electron chi connectivity index (χ1n) is 8.77. The lowest BCUT2D eigenvalue weighted by atomic mass is 10.2. The molecule has 0 atom stereocenters. The van der Waals surface area contributed by atoms with Crippen molar-refractivity contribution in [1.29, 1.82) is 5.26 Å². The molecule has 2 heterocycles. The molecule has 1 aromatic heterocycles. The number of nitrogens with zero attached hydrogens (tertiary/aromatic N) is 3. The SMILES string of the molecule is N#Cc1c2n(c(=O)n(CC(=O)NCCSCc3ccccc3)c1=O)CCC2. The molecular formula is C19H20N4O3S. The van der Waals surface area contributed by atoms with Crippen LogP contribution in [0.4, 0.5) is 0 Å². The van der Waals surface area contributed by atoms with Crippen LogP contribution < -0.4 is 16.6 Å². The molecule has 1 aliphatic rings. The number of hydrogen-bond donors (Lipinski definition) is 1. The lowest BCUT2D eigenvalue weighted by molar-refractivity contribution is -0.121. The van der Waals surface area contributed by atoms with E-state index in [0.717, 1.165) is 22.5 Å². The van der Waals surface area contributed by atoms with Crippen molar-refractivity contribution in [3.05, 3.63) is 68.0 Å². The fraction of sp³-hybridized carbons (Fsp3) is 0.368. The van der Waals surface area contributed by atoms with Gasteiger partial charge in [0, 0.05) is 30.3 Å². The van der Waals surface area contributed by atoms with Crippen molar-refractivity contribution in [2.75, 3.05) is 12.3 Å². The Balaban J connectivity index is 1.56. The predicted molar refractivity (Wildman–Crippen MR) is 104 cm³/mol. The van der Waals surface area contributed by atoms with Gasteiger partial charge in [-0.05, 0) is 18.4 Å². The molecule has 1 aromatic carbocycles. The van der Waals surface area contributed by atoms with Crippen LogP contribution in [-0.2, 0) is 30.1 Å². The van der Waals surface area contributed by atoms with Gasteiger partial charge in [0.25, 0.3) is 5.56 Å². The minimum atomic E-state index is -0.677. The Kier molecular flexibility index (Phi) is 6.14. The van der Waals surface area contributed by atoms with Gasteiger partial charge < -0.3 is 5.32 Å². The molecule has 1 amide bonds. The fourth-order valence-electron chi connectivity index (χ4n) is 3.11. The normalized spacial score (nSPS) is 12.4. The summed E-state index contributed by atoms with van der Waals surface area (Å²) >= 11 is 1.69. The van der Waals surface area contributed by atoms with Gasteiger partial charge in [-0.3, -0.25) is 14.2 Å². The van der Waals surface area contributed by atoms with E-state index in [1.807, 2.05) is 36.4 Å². The second kappa shape index (κ2) is 8.73. The third-order valence-corrected chi connectivity index (χ3v) is 5.45. The van der Waals surface area contributed by atoms with Crippen LogP contribution in [-0.4, -0.2) is 27.3 Å². The molecule has 1 aliphatic heterocycles. The van der Waals surface area contributed by atoms with Gasteiger partial charge >= 0.3 is 5.69 Å². The van der Waals surface area contributed by atoms with Gasteiger partial charge in [-0.1, -0.05) is 30.3 Å². The van der Waals surface area contributed by atoms with E-state index in [9.17, 15) is 19.6 Å². The van der Waals surface area contributed by atoms with Crippen LogP contribution in [0, 0.1) is 11.3 Å². The van der Waals surface area contributed by atoms with Crippen molar-refractivity contribution < 1.29 is 4.79 Å². The second-order valence-electron chi connectivity index (χ2n) is 6.25. The summed E-state index contributed by atoms with van der Waals surface area (Å²) in [6.45, 7) is 0.555. The summed E-state index contributed by atoms with van der Waals surface area (Å²) in [6.07, 6.45) is 1.26. The molecule has 0 spiro atoms. The summed E-state index contributed by atoms with van der Waals surface area (Å²) in [6, 6.07) is 11.9. The van der Waals surface area contributed by atoms with Gasteiger partial charge in [-0.15, -0.1) is 0 Å². The topological polar surface area (TPSA) is 96.9 Å². The average Bonchev–Trinajstić information content (AvgIpc) is 3.16. The molecule has 8 heteroatoms. The molecule has 2 aromatic rings. The van der Waals surface area contributed by atoms with Crippen LogP contribution in [0.1, 0.15) is 23.2 Å². The second-order valence-corrected chi connectivity index (χ2v) is 7.36. The summed E-state index contributed by atoms with van der Waals surface area (Å²) in [4.78, 5) is 37.0. The molecule has 0 fully saturated rings. The first-order chi connectivity index (χ1) is 13.1. The maximum Gasteiger partial charge on any atom is 0.331 e. The van der Waals surface area contributed by atoms with E-state index in [2.05, 4.69) is 5.32 Å². The van der Waals surface area contributed by atoms with Gasteiger partial charge in [0.05, 0.1) is 0 Å². The van der Waals surface area contributed by atoms with Gasteiger partial charge in [-0.2, -0.15) is 17.0 Å². The highest BCUT2D eigenvalue weighted by Gasteiger charge is 2.23. The van der Waals surface area contributed by atoms with Gasteiger partial charge in [-0.25, -0.2) is 9.36 Å². The molecule has 0 unspecified atom stereocenters. The van der Waals surface area contributed by atoms with Crippen molar-refractivity contribution in [3.63, 3.8) is 0 Å². The molecule has 0 aliphatic carbocycles. The molecule has 0 bridgehead atoms. The number of fused-ring (bicyclic) bond motifs is 1. The zero-order valence-electron chi connectivity index (χ0n) is 14.8. The first kappa shape index (κ1) is 19.0. The first-order valence-corrected chi connectivity index (χ1v) is 9.92. The van der Waals surface area contributed by atoms with Crippen LogP contribution in [0.15, 0.2) is 39.9 Å². The Hall–Kier alpha value is -2.79. The number of carbonyl (C=O) groups excluding carboxylic acids is 1. The molecule has 7 nitrogen and oxygen atoms in total. The highest BCUT2D eigenvalue weighted by molar-refractivity contribution is 7.98. The molecule has 0 saturated heterocycles. The summed E-state index contributed by atoms with van der Waals surface area (Å²) in [5, 5.41) is 12.0. The maximum atomic E-state index is 12.5. The molecule has 140 valence electrons. The number of aromatic nitrogens is 2. The Labute approximate surface area is 160 Å². The predicted octanol–water partition coefficient (Wildman–Crippen LogP) is 0.877. The number of rotatable bonds is 7. The Morgan fingerprint density at radius 2 is 2.04 bits per heavy atom. The monoisotopic (exact) mass is 384 g/mol. The van der Waals surface area contributed by atoms with Crippen molar-refractivity contribution in [1.82, 2.24) is 14.5 Å². The number of thioether (sulfide) groups is 1. The van der Waals surface area contributed by atoms with E-state index in [0.29, 0.717) is 25.2 Å². The third-order valence-electron chi connectivity index (χ3n) is 4.42. The largest absolute Gasteiger partial charge is 0.354 e. The summed E-state index contributed by atoms with van der Waals surface area (Å²) in [7, 11) is 0. The molecule has 27 heavy (non-hydrogen) atoms. The highest BCUT2D eigenvalue weighted by atomic mass is 32.2. The van der Waals surface area contributed by atoms with Crippen molar-refractivity contribution in [2.45, 2.75) is 31.7 Å². The fourth-order valence-corrected chi connectivity index (χ4v) is 3.93. The number of nitriles is 1. The van der Waals surface area contributed by atoms with Gasteiger partial charge in [0.15, 0.2) is 0 Å². The van der Waals surface area contributed by atoms with Crippen molar-refractivity contribution in [3.8, 4) is 6.07 Å². The molecule has 0 saturated carbocycles. The molecule has 3 rings (SSSR count). The average molecular weight is 384 g/mol. The lowest BCUT2D eigenvalue weighted by Gasteiger charge is -2.11.